The van der Waals surface area contributed by atoms with Gasteiger partial charge in [0.15, 0.2) is 0 Å². The van der Waals surface area contributed by atoms with E-state index in [1.165, 1.54) is 0 Å². The largest absolute Gasteiger partial charge is 0.380 e. The van der Waals surface area contributed by atoms with Crippen LogP contribution in [-0.4, -0.2) is 48.8 Å². The fourth-order valence-electron chi connectivity index (χ4n) is 0.978. The number of nitrogens with two attached hydrogens (primary N) is 1. The molecule has 0 aromatic carbocycles. The Balaban J connectivity index is 2.72. The molecular formula is C9H18N6O. The van der Waals surface area contributed by atoms with E-state index in [1.807, 2.05) is 21.0 Å². The van der Waals surface area contributed by atoms with Crippen LogP contribution in [0, 0.1) is 0 Å². The van der Waals surface area contributed by atoms with Gasteiger partial charge in [-0.1, -0.05) is 0 Å². The lowest BCUT2D eigenvalue weighted by Gasteiger charge is -2.13. The maximum absolute atomic E-state index is 5.58. The van der Waals surface area contributed by atoms with E-state index in [1.54, 1.807) is 12.0 Å². The van der Waals surface area contributed by atoms with Gasteiger partial charge in [0.2, 0.25) is 17.8 Å². The number of methoxy groups -OCH3 is 1. The Morgan fingerprint density at radius 2 is 2.06 bits per heavy atom. The molecular weight excluding hydrogens is 208 g/mol. The molecule has 1 atom stereocenters. The number of nitrogen functional groups attached to an aromatic ring is 1. The van der Waals surface area contributed by atoms with E-state index in [-0.39, 0.29) is 12.1 Å². The SMILES string of the molecule is COC(C)CNc1nc(N)nc(N(C)C)n1. The Kier molecular flexibility index (Phi) is 4.24. The van der Waals surface area contributed by atoms with Gasteiger partial charge in [-0.3, -0.25) is 0 Å². The summed E-state index contributed by atoms with van der Waals surface area (Å²) in [6.07, 6.45) is 0.0841. The molecule has 0 radical (unpaired) electrons. The Bertz CT molecular complexity index is 343. The summed E-state index contributed by atoms with van der Waals surface area (Å²) in [5.41, 5.74) is 5.58. The molecule has 0 aliphatic carbocycles. The van der Waals surface area contributed by atoms with Gasteiger partial charge in [0.05, 0.1) is 6.10 Å². The Morgan fingerprint density at radius 3 is 2.62 bits per heavy atom. The summed E-state index contributed by atoms with van der Waals surface area (Å²) in [7, 11) is 5.34. The van der Waals surface area contributed by atoms with Crippen LogP contribution in [0.3, 0.4) is 0 Å². The fourth-order valence-corrected chi connectivity index (χ4v) is 0.978. The molecule has 7 heteroatoms. The third-order valence-electron chi connectivity index (χ3n) is 1.99. The lowest BCUT2D eigenvalue weighted by molar-refractivity contribution is 0.128. The highest BCUT2D eigenvalue weighted by Crippen LogP contribution is 2.08. The summed E-state index contributed by atoms with van der Waals surface area (Å²) in [6.45, 7) is 2.57. The minimum atomic E-state index is 0.0841. The second-order valence-electron chi connectivity index (χ2n) is 3.64. The van der Waals surface area contributed by atoms with Crippen LogP contribution < -0.4 is 16.0 Å². The molecule has 1 aromatic heterocycles. The first-order valence-electron chi connectivity index (χ1n) is 4.98. The van der Waals surface area contributed by atoms with Crippen LogP contribution in [0.5, 0.6) is 0 Å². The van der Waals surface area contributed by atoms with Crippen LogP contribution in [0.25, 0.3) is 0 Å². The summed E-state index contributed by atoms with van der Waals surface area (Å²) in [4.78, 5) is 13.9. The van der Waals surface area contributed by atoms with Crippen LogP contribution in [0.15, 0.2) is 0 Å². The van der Waals surface area contributed by atoms with E-state index in [0.29, 0.717) is 18.4 Å². The van der Waals surface area contributed by atoms with Crippen LogP contribution in [0.4, 0.5) is 17.8 Å². The number of nitrogens with zero attached hydrogens (tertiary/aromatic N) is 4. The van der Waals surface area contributed by atoms with Gasteiger partial charge in [-0.15, -0.1) is 0 Å². The van der Waals surface area contributed by atoms with Crippen molar-refractivity contribution >= 4 is 17.8 Å². The third-order valence-corrected chi connectivity index (χ3v) is 1.99. The predicted molar refractivity (Wildman–Crippen MR) is 63.5 cm³/mol. The van der Waals surface area contributed by atoms with E-state index in [0.717, 1.165) is 0 Å². The van der Waals surface area contributed by atoms with Gasteiger partial charge < -0.3 is 20.7 Å². The summed E-state index contributed by atoms with van der Waals surface area (Å²) < 4.78 is 5.10. The molecule has 0 amide bonds. The van der Waals surface area contributed by atoms with Crippen molar-refractivity contribution in [3.63, 3.8) is 0 Å². The maximum atomic E-state index is 5.58. The Hall–Kier alpha value is -1.63. The lowest BCUT2D eigenvalue weighted by Crippen LogP contribution is -2.21. The molecule has 7 nitrogen and oxygen atoms in total. The fraction of sp³-hybridized carbons (Fsp3) is 0.667. The van der Waals surface area contributed by atoms with E-state index in [9.17, 15) is 0 Å². The van der Waals surface area contributed by atoms with E-state index >= 15 is 0 Å². The molecule has 3 N–H and O–H groups in total. The predicted octanol–water partition coefficient (Wildman–Crippen LogP) is -0.0334. The highest BCUT2D eigenvalue weighted by molar-refractivity contribution is 5.40. The second-order valence-corrected chi connectivity index (χ2v) is 3.64. The van der Waals surface area contributed by atoms with Crippen molar-refractivity contribution in [1.29, 1.82) is 0 Å². The van der Waals surface area contributed by atoms with E-state index in [4.69, 9.17) is 10.5 Å². The zero-order valence-corrected chi connectivity index (χ0v) is 10.1. The van der Waals surface area contributed by atoms with Crippen LogP contribution in [0.1, 0.15) is 6.92 Å². The molecule has 0 saturated carbocycles. The summed E-state index contributed by atoms with van der Waals surface area (Å²) in [5, 5.41) is 3.04. The van der Waals surface area contributed by atoms with Gasteiger partial charge in [-0.05, 0) is 6.92 Å². The average Bonchev–Trinajstić information content (AvgIpc) is 2.25. The molecule has 0 spiro atoms. The number of rotatable bonds is 5. The maximum Gasteiger partial charge on any atom is 0.231 e. The van der Waals surface area contributed by atoms with E-state index in [2.05, 4.69) is 20.3 Å². The van der Waals surface area contributed by atoms with Crippen molar-refractivity contribution in [3.8, 4) is 0 Å². The zero-order valence-electron chi connectivity index (χ0n) is 10.1. The number of aromatic nitrogens is 3. The second kappa shape index (κ2) is 5.45. The average molecular weight is 226 g/mol. The number of anilines is 3. The highest BCUT2D eigenvalue weighted by atomic mass is 16.5. The molecule has 0 saturated heterocycles. The molecule has 0 fully saturated rings. The van der Waals surface area contributed by atoms with E-state index < -0.39 is 0 Å². The van der Waals surface area contributed by atoms with Crippen LogP contribution in [0.2, 0.25) is 0 Å². The third kappa shape index (κ3) is 3.50. The quantitative estimate of drug-likeness (QED) is 0.728. The molecule has 1 aromatic rings. The van der Waals surface area contributed by atoms with Gasteiger partial charge in [0, 0.05) is 27.7 Å². The smallest absolute Gasteiger partial charge is 0.231 e. The van der Waals surface area contributed by atoms with Gasteiger partial charge >= 0.3 is 0 Å². The highest BCUT2D eigenvalue weighted by Gasteiger charge is 2.06. The van der Waals surface area contributed by atoms with Crippen molar-refractivity contribution in [3.05, 3.63) is 0 Å². The van der Waals surface area contributed by atoms with Gasteiger partial charge in [0.25, 0.3) is 0 Å². The molecule has 90 valence electrons. The molecule has 0 bridgehead atoms. The molecule has 0 aliphatic rings. The van der Waals surface area contributed by atoms with Crippen LogP contribution >= 0.6 is 0 Å². The number of nitrogens with one attached hydrogen (secondary N) is 1. The first kappa shape index (κ1) is 12.4. The molecule has 0 aliphatic heterocycles. The summed E-state index contributed by atoms with van der Waals surface area (Å²) in [6, 6.07) is 0. The van der Waals surface area contributed by atoms with Crippen molar-refractivity contribution in [2.45, 2.75) is 13.0 Å². The monoisotopic (exact) mass is 226 g/mol. The first-order chi connectivity index (χ1) is 7.52. The topological polar surface area (TPSA) is 89.2 Å². The van der Waals surface area contributed by atoms with Gasteiger partial charge in [-0.2, -0.15) is 15.0 Å². The van der Waals surface area contributed by atoms with Gasteiger partial charge in [0.1, 0.15) is 0 Å². The van der Waals surface area contributed by atoms with Crippen molar-refractivity contribution in [2.75, 3.05) is 43.7 Å². The van der Waals surface area contributed by atoms with Crippen molar-refractivity contribution < 1.29 is 4.74 Å². The number of hydrogen-bond donors (Lipinski definition) is 2. The molecule has 1 rings (SSSR count). The molecule has 16 heavy (non-hydrogen) atoms. The number of hydrogen-bond acceptors (Lipinski definition) is 7. The lowest BCUT2D eigenvalue weighted by atomic mass is 10.4. The van der Waals surface area contributed by atoms with Crippen LogP contribution in [-0.2, 0) is 4.74 Å². The van der Waals surface area contributed by atoms with Gasteiger partial charge in [-0.25, -0.2) is 0 Å². The van der Waals surface area contributed by atoms with Crippen molar-refractivity contribution in [1.82, 2.24) is 15.0 Å². The first-order valence-corrected chi connectivity index (χ1v) is 4.98. The van der Waals surface area contributed by atoms with Crippen molar-refractivity contribution in [2.24, 2.45) is 0 Å². The Labute approximate surface area is 95.0 Å². The minimum Gasteiger partial charge on any atom is -0.380 e. The molecule has 1 unspecified atom stereocenters. The summed E-state index contributed by atoms with van der Waals surface area (Å²) >= 11 is 0. The zero-order chi connectivity index (χ0) is 12.1. The Morgan fingerprint density at radius 1 is 1.38 bits per heavy atom. The number of ether oxygens (including phenoxy) is 1. The standard InChI is InChI=1S/C9H18N6O/c1-6(16-4)5-11-8-12-7(10)13-9(14-8)15(2)3/h6H,5H2,1-4H3,(H3,10,11,12,13,14). The molecule has 1 heterocycles. The minimum absolute atomic E-state index is 0.0841. The normalized spacial score (nSPS) is 12.2. The summed E-state index contributed by atoms with van der Waals surface area (Å²) in [5.74, 6) is 1.19.